The van der Waals surface area contributed by atoms with Gasteiger partial charge in [-0.25, -0.2) is 0 Å². The van der Waals surface area contributed by atoms with E-state index < -0.39 is 0 Å². The van der Waals surface area contributed by atoms with Crippen LogP contribution in [0.5, 0.6) is 17.2 Å². The first kappa shape index (κ1) is 28.6. The third kappa shape index (κ3) is 5.81. The summed E-state index contributed by atoms with van der Waals surface area (Å²) in [6.07, 6.45) is 4.42. The van der Waals surface area contributed by atoms with Crippen LogP contribution in [0, 0.1) is 6.92 Å². The van der Waals surface area contributed by atoms with Crippen molar-refractivity contribution in [3.63, 3.8) is 0 Å². The molecule has 0 spiro atoms. The number of rotatable bonds is 8. The number of carbonyl (C=O) groups excluding carboxylic acids is 1. The second kappa shape index (κ2) is 12.1. The van der Waals surface area contributed by atoms with E-state index >= 15 is 0 Å². The predicted molar refractivity (Wildman–Crippen MR) is 152 cm³/mol. The van der Waals surface area contributed by atoms with Crippen molar-refractivity contribution in [1.29, 1.82) is 0 Å². The molecule has 0 radical (unpaired) electrons. The molecule has 2 aromatic carbocycles. The topological polar surface area (TPSA) is 51.2 Å². The number of hydrogen-bond donors (Lipinski definition) is 0. The van der Waals surface area contributed by atoms with Gasteiger partial charge in [0, 0.05) is 19.1 Å². The van der Waals surface area contributed by atoms with Crippen LogP contribution in [0.3, 0.4) is 0 Å². The number of aryl methyl sites for hydroxylation is 1. The largest absolute Gasteiger partial charge is 0.493 e. The highest BCUT2D eigenvalue weighted by Crippen LogP contribution is 2.44. The zero-order valence-electron chi connectivity index (χ0n) is 23.0. The predicted octanol–water partition coefficient (Wildman–Crippen LogP) is 5.41. The summed E-state index contributed by atoms with van der Waals surface area (Å²) >= 11 is 0. The molecule has 1 fully saturated rings. The first-order valence-electron chi connectivity index (χ1n) is 12.5. The van der Waals surface area contributed by atoms with E-state index in [4.69, 9.17) is 14.2 Å². The van der Waals surface area contributed by atoms with Crippen LogP contribution in [0.1, 0.15) is 42.0 Å². The summed E-state index contributed by atoms with van der Waals surface area (Å²) in [6, 6.07) is 11.0. The summed E-state index contributed by atoms with van der Waals surface area (Å²) in [4.78, 5) is 17.6. The Morgan fingerprint density at radius 3 is 2.27 bits per heavy atom. The lowest BCUT2D eigenvalue weighted by Crippen LogP contribution is -2.34. The van der Waals surface area contributed by atoms with E-state index in [-0.39, 0.29) is 18.3 Å². The zero-order valence-corrected chi connectivity index (χ0v) is 23.8. The van der Waals surface area contributed by atoms with Gasteiger partial charge in [0.2, 0.25) is 11.7 Å². The Bertz CT molecular complexity index is 1190. The summed E-state index contributed by atoms with van der Waals surface area (Å²) in [5, 5.41) is 0. The van der Waals surface area contributed by atoms with E-state index in [2.05, 4.69) is 57.1 Å². The van der Waals surface area contributed by atoms with Gasteiger partial charge in [0.25, 0.3) is 0 Å². The second-order valence-electron chi connectivity index (χ2n) is 9.93. The molecule has 0 saturated carbocycles. The third-order valence-corrected chi connectivity index (χ3v) is 7.49. The molecule has 0 unspecified atom stereocenters. The van der Waals surface area contributed by atoms with Crippen molar-refractivity contribution < 1.29 is 19.0 Å². The molecular formula is C30H39ClN2O4. The van der Waals surface area contributed by atoms with Crippen molar-refractivity contribution in [3.05, 3.63) is 64.2 Å². The van der Waals surface area contributed by atoms with Crippen LogP contribution in [0.25, 0.3) is 11.1 Å². The molecule has 6 nitrogen and oxygen atoms in total. The van der Waals surface area contributed by atoms with Gasteiger partial charge in [0.15, 0.2) is 11.5 Å². The average Bonchev–Trinajstić information content (AvgIpc) is 3.46. The number of likely N-dealkylation sites (tertiary alicyclic amines) is 1. The Hall–Kier alpha value is -2.96. The lowest BCUT2D eigenvalue weighted by molar-refractivity contribution is -0.129. The Labute approximate surface area is 227 Å². The standard InChI is InChI=1S/C30H38N2O4.ClH/c1-19-8-10-24-23(11-9-21-15-27(34-5)30(36-7)28(16-21)35-6)20(2)25(26(24)14-19)17-29(33)32-13-12-22(18-32)31(3)4;/h8,10-11,14-16,22H,9,12-13,17-18H2,1-7H3;1H/b23-11-;/t22-;/m1./s1. The van der Waals surface area contributed by atoms with Crippen molar-refractivity contribution in [2.45, 2.75) is 39.2 Å². The van der Waals surface area contributed by atoms with Crippen LogP contribution < -0.4 is 14.2 Å². The zero-order chi connectivity index (χ0) is 26.0. The van der Waals surface area contributed by atoms with Crippen LogP contribution in [-0.2, 0) is 11.2 Å². The van der Waals surface area contributed by atoms with Crippen LogP contribution >= 0.6 is 12.4 Å². The quantitative estimate of drug-likeness (QED) is 0.460. The van der Waals surface area contributed by atoms with Crippen LogP contribution in [0.2, 0.25) is 0 Å². The van der Waals surface area contributed by atoms with Gasteiger partial charge in [-0.2, -0.15) is 0 Å². The maximum atomic E-state index is 13.3. The number of methoxy groups -OCH3 is 3. The SMILES string of the molecule is COc1cc(C/C=C2/C(C)=C(CC(=O)N3CC[C@@H](N(C)C)C3)c3cc(C)ccc32)cc(OC)c1OC.Cl. The fraction of sp³-hybridized carbons (Fsp3) is 0.433. The average molecular weight is 527 g/mol. The fourth-order valence-corrected chi connectivity index (χ4v) is 5.33. The minimum atomic E-state index is 0. The third-order valence-electron chi connectivity index (χ3n) is 7.49. The maximum Gasteiger partial charge on any atom is 0.227 e. The summed E-state index contributed by atoms with van der Waals surface area (Å²) in [6.45, 7) is 5.89. The summed E-state index contributed by atoms with van der Waals surface area (Å²) in [5.41, 5.74) is 8.15. The molecule has 0 aromatic heterocycles. The fourth-order valence-electron chi connectivity index (χ4n) is 5.33. The maximum absolute atomic E-state index is 13.3. The van der Waals surface area contributed by atoms with Crippen LogP contribution in [0.15, 0.2) is 42.0 Å². The molecule has 1 saturated heterocycles. The van der Waals surface area contributed by atoms with Crippen LogP contribution in [-0.4, -0.2) is 70.3 Å². The molecule has 0 N–H and O–H groups in total. The Morgan fingerprint density at radius 1 is 1.03 bits per heavy atom. The van der Waals surface area contributed by atoms with E-state index in [1.54, 1.807) is 21.3 Å². The molecule has 2 aliphatic rings. The number of fused-ring (bicyclic) bond motifs is 1. The Balaban J connectivity index is 0.00000380. The second-order valence-corrected chi connectivity index (χ2v) is 9.93. The number of nitrogens with zero attached hydrogens (tertiary/aromatic N) is 2. The molecule has 2 aromatic rings. The number of ether oxygens (including phenoxy) is 3. The van der Waals surface area contributed by atoms with Gasteiger partial charge < -0.3 is 24.0 Å². The van der Waals surface area contributed by atoms with Crippen molar-refractivity contribution in [3.8, 4) is 17.2 Å². The van der Waals surface area contributed by atoms with Crippen molar-refractivity contribution in [2.75, 3.05) is 48.5 Å². The van der Waals surface area contributed by atoms with Crippen LogP contribution in [0.4, 0.5) is 0 Å². The van der Waals surface area contributed by atoms with Crippen molar-refractivity contribution in [2.24, 2.45) is 0 Å². The first-order valence-corrected chi connectivity index (χ1v) is 12.5. The molecule has 7 heteroatoms. The summed E-state index contributed by atoms with van der Waals surface area (Å²) in [5.74, 6) is 2.10. The molecule has 1 aliphatic carbocycles. The number of halogens is 1. The highest BCUT2D eigenvalue weighted by Gasteiger charge is 2.31. The number of benzene rings is 2. The van der Waals surface area contributed by atoms with Gasteiger partial charge in [-0.15, -0.1) is 12.4 Å². The van der Waals surface area contributed by atoms with E-state index in [1.165, 1.54) is 27.8 Å². The molecule has 1 atom stereocenters. The van der Waals surface area contributed by atoms with Gasteiger partial charge in [-0.05, 0) is 86.3 Å². The van der Waals surface area contributed by atoms with Gasteiger partial charge >= 0.3 is 0 Å². The number of allylic oxidation sites excluding steroid dienone is 3. The molecule has 1 aliphatic heterocycles. The van der Waals surface area contributed by atoms with Gasteiger partial charge in [0.05, 0.1) is 27.8 Å². The van der Waals surface area contributed by atoms with Gasteiger partial charge in [-0.1, -0.05) is 29.8 Å². The van der Waals surface area contributed by atoms with E-state index in [0.29, 0.717) is 36.1 Å². The number of hydrogen-bond acceptors (Lipinski definition) is 5. The van der Waals surface area contributed by atoms with Crippen molar-refractivity contribution >= 4 is 29.5 Å². The van der Waals surface area contributed by atoms with Gasteiger partial charge in [0.1, 0.15) is 0 Å². The number of carbonyl (C=O) groups is 1. The minimum absolute atomic E-state index is 0. The first-order chi connectivity index (χ1) is 17.3. The lowest BCUT2D eigenvalue weighted by Gasteiger charge is -2.21. The molecule has 200 valence electrons. The van der Waals surface area contributed by atoms with E-state index in [9.17, 15) is 4.79 Å². The normalized spacial score (nSPS) is 17.8. The summed E-state index contributed by atoms with van der Waals surface area (Å²) < 4.78 is 16.5. The monoisotopic (exact) mass is 526 g/mol. The van der Waals surface area contributed by atoms with E-state index in [1.807, 2.05) is 17.0 Å². The molecular weight excluding hydrogens is 488 g/mol. The van der Waals surface area contributed by atoms with E-state index in [0.717, 1.165) is 30.6 Å². The minimum Gasteiger partial charge on any atom is -0.493 e. The smallest absolute Gasteiger partial charge is 0.227 e. The van der Waals surface area contributed by atoms with Gasteiger partial charge in [-0.3, -0.25) is 4.79 Å². The molecule has 1 amide bonds. The van der Waals surface area contributed by atoms with Crippen molar-refractivity contribution in [1.82, 2.24) is 9.80 Å². The highest BCUT2D eigenvalue weighted by molar-refractivity contribution is 6.04. The molecule has 0 bridgehead atoms. The number of likely N-dealkylation sites (N-methyl/N-ethyl adjacent to an activating group) is 1. The molecule has 1 heterocycles. The Morgan fingerprint density at radius 2 is 1.70 bits per heavy atom. The molecule has 4 rings (SSSR count). The molecule has 37 heavy (non-hydrogen) atoms. The summed E-state index contributed by atoms with van der Waals surface area (Å²) in [7, 11) is 9.05. The lowest BCUT2D eigenvalue weighted by atomic mass is 9.98. The Kier molecular flexibility index (Phi) is 9.32. The highest BCUT2D eigenvalue weighted by atomic mass is 35.5. The number of amides is 1.